The van der Waals surface area contributed by atoms with E-state index in [-0.39, 0.29) is 6.04 Å². The molecule has 2 rings (SSSR count). The lowest BCUT2D eigenvalue weighted by Crippen LogP contribution is -2.30. The number of hydrogen-bond acceptors (Lipinski definition) is 3. The van der Waals surface area contributed by atoms with Gasteiger partial charge >= 0.3 is 0 Å². The van der Waals surface area contributed by atoms with Crippen molar-refractivity contribution >= 4 is 15.7 Å². The number of sulfonamides is 1. The summed E-state index contributed by atoms with van der Waals surface area (Å²) in [6.07, 6.45) is 5.28. The summed E-state index contributed by atoms with van der Waals surface area (Å²) < 4.78 is 26.6. The van der Waals surface area contributed by atoms with Gasteiger partial charge in [0.05, 0.1) is 4.90 Å². The van der Waals surface area contributed by atoms with Crippen molar-refractivity contribution in [2.75, 3.05) is 11.9 Å². The molecule has 1 aromatic carbocycles. The van der Waals surface area contributed by atoms with Crippen LogP contribution in [0.2, 0.25) is 0 Å². The van der Waals surface area contributed by atoms with Crippen LogP contribution in [0.15, 0.2) is 29.2 Å². The summed E-state index contributed by atoms with van der Waals surface area (Å²) in [5, 5.41) is 3.39. The Morgan fingerprint density at radius 3 is 2.30 bits per heavy atom. The number of hydrogen-bond donors (Lipinski definition) is 2. The van der Waals surface area contributed by atoms with E-state index < -0.39 is 10.0 Å². The number of anilines is 1. The van der Waals surface area contributed by atoms with Crippen LogP contribution in [0.4, 0.5) is 5.69 Å². The molecule has 0 bridgehead atoms. The van der Waals surface area contributed by atoms with Crippen LogP contribution in [-0.4, -0.2) is 21.0 Å². The van der Waals surface area contributed by atoms with Gasteiger partial charge in [-0.05, 0) is 56.9 Å². The normalized spacial score (nSPS) is 16.8. The van der Waals surface area contributed by atoms with Crippen molar-refractivity contribution in [2.24, 2.45) is 5.92 Å². The van der Waals surface area contributed by atoms with Crippen LogP contribution in [0.5, 0.6) is 0 Å². The molecule has 0 aromatic heterocycles. The first-order valence-corrected chi connectivity index (χ1v) is 8.82. The smallest absolute Gasteiger partial charge is 0.240 e. The second-order valence-corrected chi connectivity index (χ2v) is 7.55. The lowest BCUT2D eigenvalue weighted by atomic mass is 10.1. The minimum absolute atomic E-state index is 0.0971. The third-order valence-corrected chi connectivity index (χ3v) is 5.30. The fourth-order valence-corrected chi connectivity index (χ4v) is 3.86. The van der Waals surface area contributed by atoms with E-state index in [0.717, 1.165) is 18.2 Å². The molecule has 1 aromatic rings. The molecule has 2 N–H and O–H groups in total. The average Bonchev–Trinajstić information content (AvgIpc) is 2.88. The van der Waals surface area contributed by atoms with Crippen LogP contribution in [0, 0.1) is 5.92 Å². The summed E-state index contributed by atoms with van der Waals surface area (Å²) in [7, 11) is -3.38. The Hall–Kier alpha value is -1.07. The van der Waals surface area contributed by atoms with Crippen molar-refractivity contribution in [3.63, 3.8) is 0 Å². The van der Waals surface area contributed by atoms with Crippen LogP contribution in [0.3, 0.4) is 0 Å². The molecule has 0 heterocycles. The van der Waals surface area contributed by atoms with Crippen LogP contribution < -0.4 is 10.0 Å². The Morgan fingerprint density at radius 2 is 1.75 bits per heavy atom. The standard InChI is InChI=1S/C15H24N2O2S/c1-12(2)17-20(18,19)15-9-7-14(8-10-15)16-11-13-5-3-4-6-13/h7-10,12-13,16-17H,3-6,11H2,1-2H3. The minimum atomic E-state index is -3.38. The maximum atomic E-state index is 12.0. The van der Waals surface area contributed by atoms with Crippen LogP contribution >= 0.6 is 0 Å². The van der Waals surface area contributed by atoms with E-state index in [1.165, 1.54) is 25.7 Å². The van der Waals surface area contributed by atoms with Gasteiger partial charge in [-0.1, -0.05) is 12.8 Å². The summed E-state index contributed by atoms with van der Waals surface area (Å²) in [6.45, 7) is 4.61. The summed E-state index contributed by atoms with van der Waals surface area (Å²) >= 11 is 0. The Morgan fingerprint density at radius 1 is 1.15 bits per heavy atom. The third-order valence-electron chi connectivity index (χ3n) is 3.63. The Kier molecular flexibility index (Phi) is 5.05. The van der Waals surface area contributed by atoms with Gasteiger partial charge in [-0.2, -0.15) is 0 Å². The zero-order valence-electron chi connectivity index (χ0n) is 12.2. The van der Waals surface area contributed by atoms with E-state index in [2.05, 4.69) is 10.0 Å². The van der Waals surface area contributed by atoms with Crippen LogP contribution in [0.1, 0.15) is 39.5 Å². The molecule has 1 aliphatic carbocycles. The summed E-state index contributed by atoms with van der Waals surface area (Å²) in [5.74, 6) is 0.765. The lowest BCUT2D eigenvalue weighted by molar-refractivity contribution is 0.570. The number of rotatable bonds is 6. The highest BCUT2D eigenvalue weighted by Crippen LogP contribution is 2.25. The highest BCUT2D eigenvalue weighted by atomic mass is 32.2. The van der Waals surface area contributed by atoms with E-state index in [4.69, 9.17) is 0 Å². The third kappa shape index (κ3) is 4.21. The minimum Gasteiger partial charge on any atom is -0.385 e. The molecular formula is C15H24N2O2S. The van der Waals surface area contributed by atoms with Crippen molar-refractivity contribution < 1.29 is 8.42 Å². The quantitative estimate of drug-likeness (QED) is 0.848. The summed E-state index contributed by atoms with van der Waals surface area (Å²) in [5.41, 5.74) is 0.986. The molecule has 1 saturated carbocycles. The molecule has 1 fully saturated rings. The molecule has 112 valence electrons. The highest BCUT2D eigenvalue weighted by Gasteiger charge is 2.16. The van der Waals surface area contributed by atoms with Gasteiger partial charge in [0.25, 0.3) is 0 Å². The van der Waals surface area contributed by atoms with Gasteiger partial charge in [-0.25, -0.2) is 13.1 Å². The topological polar surface area (TPSA) is 58.2 Å². The first kappa shape index (κ1) is 15.3. The molecular weight excluding hydrogens is 272 g/mol. The molecule has 0 amide bonds. The second kappa shape index (κ2) is 6.59. The largest absolute Gasteiger partial charge is 0.385 e. The molecule has 5 heteroatoms. The van der Waals surface area contributed by atoms with E-state index in [9.17, 15) is 8.42 Å². The lowest BCUT2D eigenvalue weighted by Gasteiger charge is -2.13. The summed E-state index contributed by atoms with van der Waals surface area (Å²) in [6, 6.07) is 6.89. The van der Waals surface area contributed by atoms with Gasteiger partial charge in [-0.15, -0.1) is 0 Å². The predicted octanol–water partition coefficient (Wildman–Crippen LogP) is 2.98. The van der Waals surface area contributed by atoms with E-state index in [0.29, 0.717) is 4.90 Å². The average molecular weight is 296 g/mol. The van der Waals surface area contributed by atoms with Crippen LogP contribution in [-0.2, 0) is 10.0 Å². The van der Waals surface area contributed by atoms with E-state index in [1.54, 1.807) is 12.1 Å². The number of benzene rings is 1. The predicted molar refractivity (Wildman–Crippen MR) is 82.3 cm³/mol. The molecule has 0 spiro atoms. The fourth-order valence-electron chi connectivity index (χ4n) is 2.61. The maximum Gasteiger partial charge on any atom is 0.240 e. The molecule has 0 aliphatic heterocycles. The van der Waals surface area contributed by atoms with Gasteiger partial charge in [0.1, 0.15) is 0 Å². The van der Waals surface area contributed by atoms with Gasteiger partial charge in [0.2, 0.25) is 10.0 Å². The van der Waals surface area contributed by atoms with Crippen LogP contribution in [0.25, 0.3) is 0 Å². The molecule has 0 saturated heterocycles. The molecule has 1 aliphatic rings. The van der Waals surface area contributed by atoms with E-state index >= 15 is 0 Å². The van der Waals surface area contributed by atoms with Gasteiger partial charge < -0.3 is 5.32 Å². The van der Waals surface area contributed by atoms with Gasteiger partial charge in [-0.3, -0.25) is 0 Å². The molecule has 0 atom stereocenters. The summed E-state index contributed by atoms with van der Waals surface area (Å²) in [4.78, 5) is 0.317. The molecule has 0 radical (unpaired) electrons. The molecule has 20 heavy (non-hydrogen) atoms. The van der Waals surface area contributed by atoms with Gasteiger partial charge in [0.15, 0.2) is 0 Å². The fraction of sp³-hybridized carbons (Fsp3) is 0.600. The Bertz CT molecular complexity index is 517. The highest BCUT2D eigenvalue weighted by molar-refractivity contribution is 7.89. The second-order valence-electron chi connectivity index (χ2n) is 5.83. The SMILES string of the molecule is CC(C)NS(=O)(=O)c1ccc(NCC2CCCC2)cc1. The van der Waals surface area contributed by atoms with Gasteiger partial charge in [0, 0.05) is 18.3 Å². The zero-order chi connectivity index (χ0) is 14.6. The van der Waals surface area contributed by atoms with Crippen molar-refractivity contribution in [1.82, 2.24) is 4.72 Å². The first-order valence-electron chi connectivity index (χ1n) is 7.33. The molecule has 0 unspecified atom stereocenters. The van der Waals surface area contributed by atoms with Crippen molar-refractivity contribution in [3.05, 3.63) is 24.3 Å². The van der Waals surface area contributed by atoms with Crippen molar-refractivity contribution in [3.8, 4) is 0 Å². The maximum absolute atomic E-state index is 12.0. The van der Waals surface area contributed by atoms with Crippen molar-refractivity contribution in [1.29, 1.82) is 0 Å². The monoisotopic (exact) mass is 296 g/mol. The Balaban J connectivity index is 1.95. The van der Waals surface area contributed by atoms with Crippen molar-refractivity contribution in [2.45, 2.75) is 50.5 Å². The number of nitrogens with one attached hydrogen (secondary N) is 2. The zero-order valence-corrected chi connectivity index (χ0v) is 13.0. The van der Waals surface area contributed by atoms with E-state index in [1.807, 2.05) is 26.0 Å². The Labute approximate surface area is 122 Å². The molecule has 4 nitrogen and oxygen atoms in total. The first-order chi connectivity index (χ1) is 9.47.